The van der Waals surface area contributed by atoms with Crippen molar-refractivity contribution in [2.75, 3.05) is 18.1 Å². The van der Waals surface area contributed by atoms with E-state index in [2.05, 4.69) is 10.5 Å². The Kier molecular flexibility index (Phi) is 4.40. The molecule has 4 nitrogen and oxygen atoms in total. The first kappa shape index (κ1) is 13.9. The van der Waals surface area contributed by atoms with E-state index in [9.17, 15) is 4.79 Å². The van der Waals surface area contributed by atoms with Crippen molar-refractivity contribution in [3.05, 3.63) is 42.5 Å². The molecule has 0 radical (unpaired) electrons. The molecule has 1 aliphatic heterocycles. The van der Waals surface area contributed by atoms with Crippen LogP contribution in [0.15, 0.2) is 47.6 Å². The Balaban J connectivity index is 1.55. The molecule has 0 atom stereocenters. The van der Waals surface area contributed by atoms with Crippen LogP contribution in [0.1, 0.15) is 6.42 Å². The number of nitrogens with zero attached hydrogens (tertiary/aromatic N) is 1. The third-order valence-electron chi connectivity index (χ3n) is 3.23. The third kappa shape index (κ3) is 3.76. The highest BCUT2D eigenvalue weighted by Gasteiger charge is 2.09. The number of rotatable bonds is 4. The van der Waals surface area contributed by atoms with Crippen molar-refractivity contribution >= 4 is 34.2 Å². The van der Waals surface area contributed by atoms with Crippen LogP contribution in [-0.2, 0) is 4.79 Å². The zero-order chi connectivity index (χ0) is 14.5. The van der Waals surface area contributed by atoms with Crippen molar-refractivity contribution in [2.24, 2.45) is 5.10 Å². The molecular weight excluding hydrogens is 284 g/mol. The summed E-state index contributed by atoms with van der Waals surface area (Å²) >= 11 is 1.83. The molecular formula is C16H16N2O2S. The monoisotopic (exact) mass is 300 g/mol. The van der Waals surface area contributed by atoms with Crippen LogP contribution in [-0.4, -0.2) is 29.7 Å². The number of hydrogen-bond donors (Lipinski definition) is 1. The Labute approximate surface area is 127 Å². The highest BCUT2D eigenvalue weighted by molar-refractivity contribution is 8.00. The lowest BCUT2D eigenvalue weighted by molar-refractivity contribution is -0.123. The normalized spacial score (nSPS) is 16.3. The first-order valence-electron chi connectivity index (χ1n) is 6.85. The van der Waals surface area contributed by atoms with Crippen LogP contribution in [0.2, 0.25) is 0 Å². The Bertz CT molecular complexity index is 677. The predicted molar refractivity (Wildman–Crippen MR) is 87.0 cm³/mol. The lowest BCUT2D eigenvalue weighted by atomic mass is 10.1. The van der Waals surface area contributed by atoms with Gasteiger partial charge in [-0.1, -0.05) is 30.3 Å². The lowest BCUT2D eigenvalue weighted by Crippen LogP contribution is -2.25. The van der Waals surface area contributed by atoms with E-state index >= 15 is 0 Å². The minimum Gasteiger partial charge on any atom is -0.484 e. The van der Waals surface area contributed by atoms with Crippen molar-refractivity contribution in [3.8, 4) is 5.75 Å². The van der Waals surface area contributed by atoms with E-state index in [1.807, 2.05) is 54.2 Å². The second-order valence-electron chi connectivity index (χ2n) is 4.81. The Morgan fingerprint density at radius 2 is 2.10 bits per heavy atom. The summed E-state index contributed by atoms with van der Waals surface area (Å²) in [4.78, 5) is 11.7. The predicted octanol–water partition coefficient (Wildman–Crippen LogP) is 2.83. The molecule has 0 saturated carbocycles. The Hall–Kier alpha value is -2.01. The van der Waals surface area contributed by atoms with Gasteiger partial charge in [0.05, 0.1) is 0 Å². The number of carbonyl (C=O) groups is 1. The van der Waals surface area contributed by atoms with Gasteiger partial charge in [0.2, 0.25) is 0 Å². The van der Waals surface area contributed by atoms with Gasteiger partial charge < -0.3 is 4.74 Å². The molecule has 1 N–H and O–H groups in total. The largest absolute Gasteiger partial charge is 0.484 e. The van der Waals surface area contributed by atoms with Crippen LogP contribution < -0.4 is 10.2 Å². The summed E-state index contributed by atoms with van der Waals surface area (Å²) < 4.78 is 5.50. The second-order valence-corrected chi connectivity index (χ2v) is 5.92. The van der Waals surface area contributed by atoms with Crippen LogP contribution in [0.3, 0.4) is 0 Å². The molecule has 0 aromatic heterocycles. The molecule has 108 valence electrons. The zero-order valence-corrected chi connectivity index (χ0v) is 12.4. The smallest absolute Gasteiger partial charge is 0.277 e. The highest BCUT2D eigenvalue weighted by Crippen LogP contribution is 2.20. The molecule has 2 aromatic carbocycles. The maximum Gasteiger partial charge on any atom is 0.277 e. The minimum absolute atomic E-state index is 0.0255. The molecule has 0 unspecified atom stereocenters. The van der Waals surface area contributed by atoms with Gasteiger partial charge in [-0.3, -0.25) is 4.79 Å². The summed E-state index contributed by atoms with van der Waals surface area (Å²) in [5.74, 6) is 2.45. The Morgan fingerprint density at radius 3 is 2.90 bits per heavy atom. The van der Waals surface area contributed by atoms with Gasteiger partial charge in [-0.25, -0.2) is 5.43 Å². The van der Waals surface area contributed by atoms with Crippen molar-refractivity contribution in [1.82, 2.24) is 5.43 Å². The summed E-state index contributed by atoms with van der Waals surface area (Å²) in [6.07, 6.45) is 0.955. The molecule has 1 heterocycles. The lowest BCUT2D eigenvalue weighted by Gasteiger charge is -2.06. The Morgan fingerprint density at radius 1 is 1.24 bits per heavy atom. The summed E-state index contributed by atoms with van der Waals surface area (Å²) in [6, 6.07) is 13.8. The van der Waals surface area contributed by atoms with Crippen molar-refractivity contribution in [3.63, 3.8) is 0 Å². The first-order valence-corrected chi connectivity index (χ1v) is 8.00. The van der Waals surface area contributed by atoms with Crippen LogP contribution in [0, 0.1) is 0 Å². The highest BCUT2D eigenvalue weighted by atomic mass is 32.2. The molecule has 1 fully saturated rings. The molecule has 1 amide bonds. The molecule has 5 heteroatoms. The molecule has 3 rings (SSSR count). The zero-order valence-electron chi connectivity index (χ0n) is 11.5. The van der Waals surface area contributed by atoms with E-state index in [1.54, 1.807) is 0 Å². The quantitative estimate of drug-likeness (QED) is 0.883. The van der Waals surface area contributed by atoms with E-state index in [0.717, 1.165) is 34.4 Å². The molecule has 21 heavy (non-hydrogen) atoms. The van der Waals surface area contributed by atoms with Gasteiger partial charge in [-0.2, -0.15) is 16.9 Å². The number of hydrogen-bond acceptors (Lipinski definition) is 4. The molecule has 1 aliphatic rings. The molecule has 0 spiro atoms. The fraction of sp³-hybridized carbons (Fsp3) is 0.250. The molecule has 0 bridgehead atoms. The average molecular weight is 300 g/mol. The van der Waals surface area contributed by atoms with Gasteiger partial charge in [0.1, 0.15) is 5.75 Å². The van der Waals surface area contributed by atoms with Crippen LogP contribution in [0.25, 0.3) is 10.8 Å². The van der Waals surface area contributed by atoms with Gasteiger partial charge in [-0.05, 0) is 35.1 Å². The number of carbonyl (C=O) groups excluding carboxylic acids is 1. The van der Waals surface area contributed by atoms with Crippen LogP contribution in [0.5, 0.6) is 5.75 Å². The van der Waals surface area contributed by atoms with Crippen LogP contribution in [0.4, 0.5) is 0 Å². The fourth-order valence-electron chi connectivity index (χ4n) is 2.12. The first-order chi connectivity index (χ1) is 10.3. The second kappa shape index (κ2) is 6.63. The van der Waals surface area contributed by atoms with Gasteiger partial charge in [0, 0.05) is 11.5 Å². The minimum atomic E-state index is -0.229. The molecule has 2 aromatic rings. The number of hydrazone groups is 1. The van der Waals surface area contributed by atoms with E-state index in [4.69, 9.17) is 4.74 Å². The maximum absolute atomic E-state index is 11.7. The number of nitrogens with one attached hydrogen (secondary N) is 1. The van der Waals surface area contributed by atoms with Crippen molar-refractivity contribution in [1.29, 1.82) is 0 Å². The summed E-state index contributed by atoms with van der Waals surface area (Å²) in [7, 11) is 0. The number of ether oxygens (including phenoxy) is 1. The van der Waals surface area contributed by atoms with E-state index in [-0.39, 0.29) is 12.5 Å². The number of fused-ring (bicyclic) bond motifs is 1. The van der Waals surface area contributed by atoms with Gasteiger partial charge in [0.25, 0.3) is 5.91 Å². The molecule has 1 saturated heterocycles. The van der Waals surface area contributed by atoms with Gasteiger partial charge in [0.15, 0.2) is 6.61 Å². The van der Waals surface area contributed by atoms with Gasteiger partial charge in [-0.15, -0.1) is 0 Å². The van der Waals surface area contributed by atoms with Gasteiger partial charge >= 0.3 is 0 Å². The third-order valence-corrected chi connectivity index (χ3v) is 4.26. The number of amides is 1. The standard InChI is InChI=1S/C16H16N2O2S/c19-16(18-17-14-7-8-21-11-14)10-20-15-6-5-12-3-1-2-4-13(12)9-15/h1-6,9H,7-8,10-11H2,(H,18,19). The van der Waals surface area contributed by atoms with E-state index in [1.165, 1.54) is 0 Å². The molecule has 0 aliphatic carbocycles. The summed E-state index contributed by atoms with van der Waals surface area (Å²) in [5, 5.41) is 6.35. The summed E-state index contributed by atoms with van der Waals surface area (Å²) in [5.41, 5.74) is 3.58. The van der Waals surface area contributed by atoms with Crippen LogP contribution >= 0.6 is 11.8 Å². The fourth-order valence-corrected chi connectivity index (χ4v) is 3.09. The van der Waals surface area contributed by atoms with Crippen molar-refractivity contribution < 1.29 is 9.53 Å². The van der Waals surface area contributed by atoms with Crippen molar-refractivity contribution in [2.45, 2.75) is 6.42 Å². The topological polar surface area (TPSA) is 50.7 Å². The average Bonchev–Trinajstić information content (AvgIpc) is 3.04. The maximum atomic E-state index is 11.7. The summed E-state index contributed by atoms with van der Waals surface area (Å²) in [6.45, 7) is -0.0255. The van der Waals surface area contributed by atoms with E-state index < -0.39 is 0 Å². The number of benzene rings is 2. The number of thioether (sulfide) groups is 1. The SMILES string of the molecule is O=C(COc1ccc2ccccc2c1)NN=C1CCSC1. The van der Waals surface area contributed by atoms with E-state index in [0.29, 0.717) is 5.75 Å².